The summed E-state index contributed by atoms with van der Waals surface area (Å²) in [5.74, 6) is 0. The summed E-state index contributed by atoms with van der Waals surface area (Å²) in [7, 11) is 0. The van der Waals surface area contributed by atoms with Gasteiger partial charge in [-0.25, -0.2) is 0 Å². The van der Waals surface area contributed by atoms with Crippen molar-refractivity contribution in [2.75, 3.05) is 13.2 Å². The Morgan fingerprint density at radius 1 is 1.05 bits per heavy atom. The highest BCUT2D eigenvalue weighted by atomic mass is 16.5. The van der Waals surface area contributed by atoms with Gasteiger partial charge >= 0.3 is 0 Å². The second kappa shape index (κ2) is 7.94. The fourth-order valence-corrected chi connectivity index (χ4v) is 3.19. The highest BCUT2D eigenvalue weighted by Gasteiger charge is 2.30. The largest absolute Gasteiger partial charge is 0.498 e. The number of allylic oxidation sites excluding steroid dienone is 1. The van der Waals surface area contributed by atoms with Crippen LogP contribution in [0.2, 0.25) is 0 Å². The minimum absolute atomic E-state index is 0.0217. The maximum Gasteiger partial charge on any atom is 0.116 e. The SMILES string of the molecule is CCC1(COC=C2CCCCC2)CCCCCCO1. The first kappa shape index (κ1) is 14.9. The minimum atomic E-state index is -0.0217. The van der Waals surface area contributed by atoms with E-state index in [2.05, 4.69) is 6.92 Å². The molecule has 0 aromatic rings. The molecule has 2 aliphatic rings. The average molecular weight is 266 g/mol. The van der Waals surface area contributed by atoms with Gasteiger partial charge in [0.15, 0.2) is 0 Å². The van der Waals surface area contributed by atoms with Crippen molar-refractivity contribution < 1.29 is 9.47 Å². The van der Waals surface area contributed by atoms with E-state index in [1.165, 1.54) is 63.4 Å². The van der Waals surface area contributed by atoms with Crippen molar-refractivity contribution in [1.29, 1.82) is 0 Å². The maximum atomic E-state index is 6.15. The normalized spacial score (nSPS) is 29.4. The summed E-state index contributed by atoms with van der Waals surface area (Å²) < 4.78 is 12.1. The molecule has 2 heteroatoms. The minimum Gasteiger partial charge on any atom is -0.498 e. The van der Waals surface area contributed by atoms with Crippen LogP contribution in [0.1, 0.15) is 77.6 Å². The zero-order valence-corrected chi connectivity index (χ0v) is 12.6. The number of hydrogen-bond acceptors (Lipinski definition) is 2. The van der Waals surface area contributed by atoms with E-state index in [1.54, 1.807) is 0 Å². The van der Waals surface area contributed by atoms with Gasteiger partial charge in [0.2, 0.25) is 0 Å². The lowest BCUT2D eigenvalue weighted by Gasteiger charge is -2.34. The van der Waals surface area contributed by atoms with E-state index in [4.69, 9.17) is 9.47 Å². The van der Waals surface area contributed by atoms with Crippen molar-refractivity contribution in [2.24, 2.45) is 0 Å². The van der Waals surface area contributed by atoms with Crippen LogP contribution in [0.25, 0.3) is 0 Å². The maximum absolute atomic E-state index is 6.15. The van der Waals surface area contributed by atoms with Crippen LogP contribution in [0.4, 0.5) is 0 Å². The van der Waals surface area contributed by atoms with Crippen LogP contribution in [0.3, 0.4) is 0 Å². The first-order valence-corrected chi connectivity index (χ1v) is 8.28. The molecule has 1 saturated carbocycles. The van der Waals surface area contributed by atoms with Gasteiger partial charge in [0.25, 0.3) is 0 Å². The van der Waals surface area contributed by atoms with Gasteiger partial charge in [0.1, 0.15) is 12.2 Å². The fraction of sp³-hybridized carbons (Fsp3) is 0.882. The first-order chi connectivity index (χ1) is 9.35. The third-order valence-electron chi connectivity index (χ3n) is 4.67. The molecule has 1 aliphatic carbocycles. The van der Waals surface area contributed by atoms with Crippen molar-refractivity contribution in [3.63, 3.8) is 0 Å². The molecule has 0 amide bonds. The Bertz CT molecular complexity index is 267. The van der Waals surface area contributed by atoms with Crippen molar-refractivity contribution >= 4 is 0 Å². The number of ether oxygens (including phenoxy) is 2. The lowest BCUT2D eigenvalue weighted by atomic mass is 9.92. The van der Waals surface area contributed by atoms with E-state index in [1.807, 2.05) is 6.26 Å². The standard InChI is InChI=1S/C17H30O2/c1-2-17(12-8-3-4-9-13-19-17)15-18-14-16-10-6-5-7-11-16/h14H,2-13,15H2,1H3. The Kier molecular flexibility index (Phi) is 6.22. The molecular formula is C17H30O2. The average Bonchev–Trinajstić information content (AvgIpc) is 2.43. The third-order valence-corrected chi connectivity index (χ3v) is 4.67. The quantitative estimate of drug-likeness (QED) is 0.668. The second-order valence-corrected chi connectivity index (χ2v) is 6.20. The van der Waals surface area contributed by atoms with Crippen LogP contribution >= 0.6 is 0 Å². The van der Waals surface area contributed by atoms with E-state index >= 15 is 0 Å². The molecule has 19 heavy (non-hydrogen) atoms. The van der Waals surface area contributed by atoms with Crippen molar-refractivity contribution in [3.8, 4) is 0 Å². The molecule has 1 aliphatic heterocycles. The van der Waals surface area contributed by atoms with Gasteiger partial charge in [0, 0.05) is 6.61 Å². The Balaban J connectivity index is 1.82. The highest BCUT2D eigenvalue weighted by molar-refractivity contribution is 5.00. The van der Waals surface area contributed by atoms with Crippen LogP contribution in [-0.2, 0) is 9.47 Å². The summed E-state index contributed by atoms with van der Waals surface area (Å²) >= 11 is 0. The summed E-state index contributed by atoms with van der Waals surface area (Å²) in [6.07, 6.45) is 16.0. The molecule has 0 radical (unpaired) electrons. The summed E-state index contributed by atoms with van der Waals surface area (Å²) in [5, 5.41) is 0. The highest BCUT2D eigenvalue weighted by Crippen LogP contribution is 2.28. The van der Waals surface area contributed by atoms with E-state index < -0.39 is 0 Å². The molecule has 0 bridgehead atoms. The van der Waals surface area contributed by atoms with Crippen molar-refractivity contribution in [1.82, 2.24) is 0 Å². The fourth-order valence-electron chi connectivity index (χ4n) is 3.19. The molecule has 1 heterocycles. The van der Waals surface area contributed by atoms with Crippen LogP contribution in [-0.4, -0.2) is 18.8 Å². The lowest BCUT2D eigenvalue weighted by Crippen LogP contribution is -2.38. The summed E-state index contributed by atoms with van der Waals surface area (Å²) in [4.78, 5) is 0. The van der Waals surface area contributed by atoms with Crippen LogP contribution in [0.5, 0.6) is 0 Å². The third kappa shape index (κ3) is 4.83. The van der Waals surface area contributed by atoms with Crippen molar-refractivity contribution in [2.45, 2.75) is 83.2 Å². The Morgan fingerprint density at radius 2 is 1.79 bits per heavy atom. The molecule has 2 nitrogen and oxygen atoms in total. The lowest BCUT2D eigenvalue weighted by molar-refractivity contribution is -0.0968. The predicted molar refractivity (Wildman–Crippen MR) is 79.2 cm³/mol. The van der Waals surface area contributed by atoms with Gasteiger partial charge in [-0.2, -0.15) is 0 Å². The molecule has 0 spiro atoms. The van der Waals surface area contributed by atoms with Crippen molar-refractivity contribution in [3.05, 3.63) is 11.8 Å². The van der Waals surface area contributed by atoms with Crippen LogP contribution in [0, 0.1) is 0 Å². The zero-order chi connectivity index (χ0) is 13.4. The van der Waals surface area contributed by atoms with E-state index in [-0.39, 0.29) is 5.60 Å². The molecule has 0 aromatic heterocycles. The van der Waals surface area contributed by atoms with Gasteiger partial charge in [0.05, 0.1) is 6.26 Å². The molecule has 0 N–H and O–H groups in total. The summed E-state index contributed by atoms with van der Waals surface area (Å²) in [5.41, 5.74) is 1.48. The van der Waals surface area contributed by atoms with Gasteiger partial charge in [-0.1, -0.05) is 32.6 Å². The van der Waals surface area contributed by atoms with E-state index in [0.717, 1.165) is 26.1 Å². The summed E-state index contributed by atoms with van der Waals surface area (Å²) in [6.45, 7) is 3.89. The van der Waals surface area contributed by atoms with Gasteiger partial charge in [-0.15, -0.1) is 0 Å². The predicted octanol–water partition coefficient (Wildman–Crippen LogP) is 4.98. The molecule has 1 atom stereocenters. The van der Waals surface area contributed by atoms with Gasteiger partial charge in [-0.3, -0.25) is 0 Å². The first-order valence-electron chi connectivity index (χ1n) is 8.28. The molecule has 0 aromatic carbocycles. The monoisotopic (exact) mass is 266 g/mol. The Morgan fingerprint density at radius 3 is 2.58 bits per heavy atom. The number of hydrogen-bond donors (Lipinski definition) is 0. The molecule has 1 saturated heterocycles. The molecule has 110 valence electrons. The Hall–Kier alpha value is -0.500. The second-order valence-electron chi connectivity index (χ2n) is 6.20. The van der Waals surface area contributed by atoms with Crippen LogP contribution < -0.4 is 0 Å². The Labute approximate surface area is 118 Å². The van der Waals surface area contributed by atoms with Gasteiger partial charge in [-0.05, 0) is 50.5 Å². The molecule has 1 unspecified atom stereocenters. The van der Waals surface area contributed by atoms with E-state index in [9.17, 15) is 0 Å². The van der Waals surface area contributed by atoms with Gasteiger partial charge < -0.3 is 9.47 Å². The molecule has 2 fully saturated rings. The topological polar surface area (TPSA) is 18.5 Å². The molecular weight excluding hydrogens is 236 g/mol. The number of rotatable bonds is 4. The smallest absolute Gasteiger partial charge is 0.116 e. The van der Waals surface area contributed by atoms with Crippen LogP contribution in [0.15, 0.2) is 11.8 Å². The van der Waals surface area contributed by atoms with E-state index in [0.29, 0.717) is 0 Å². The molecule has 2 rings (SSSR count). The zero-order valence-electron chi connectivity index (χ0n) is 12.6. The summed E-state index contributed by atoms with van der Waals surface area (Å²) in [6, 6.07) is 0.